The average Bonchev–Trinajstić information content (AvgIpc) is 2.47. The molecule has 0 fully saturated rings. The van der Waals surface area contributed by atoms with Crippen molar-refractivity contribution in [2.45, 2.75) is 31.3 Å². The summed E-state index contributed by atoms with van der Waals surface area (Å²) >= 11 is 0. The van der Waals surface area contributed by atoms with Gasteiger partial charge in [0.1, 0.15) is 24.5 Å². The van der Waals surface area contributed by atoms with Crippen molar-refractivity contribution in [3.8, 4) is 0 Å². The second-order valence-corrected chi connectivity index (χ2v) is 4.03. The number of hydrogen-bond donors (Lipinski definition) is 4. The first-order valence-electron chi connectivity index (χ1n) is 5.77. The molecule has 0 aromatic heterocycles. The number of aliphatic hydroxyl groups excluding tert-OH is 3. The molecule has 0 saturated heterocycles. The van der Waals surface area contributed by atoms with E-state index in [4.69, 9.17) is 5.11 Å². The van der Waals surface area contributed by atoms with E-state index in [9.17, 15) is 33.8 Å². The molecule has 0 rings (SSSR count). The van der Waals surface area contributed by atoms with Gasteiger partial charge in [0.15, 0.2) is 12.8 Å². The van der Waals surface area contributed by atoms with Crippen LogP contribution in [0, 0.1) is 0 Å². The normalized spacial score (nSPS) is 16.2. The van der Waals surface area contributed by atoms with Crippen molar-refractivity contribution in [3.05, 3.63) is 0 Å². The first kappa shape index (κ1) is 19.1. The molecule has 0 radical (unpaired) electrons. The molecular formula is C11H16FNO8. The number of hydrogen-bond acceptors (Lipinski definition) is 8. The van der Waals surface area contributed by atoms with Gasteiger partial charge in [0.2, 0.25) is 5.91 Å². The number of alkyl halides is 1. The molecule has 4 N–H and O–H groups in total. The molecule has 21 heavy (non-hydrogen) atoms. The number of rotatable bonds is 9. The van der Waals surface area contributed by atoms with Crippen LogP contribution in [0.4, 0.5) is 4.39 Å². The van der Waals surface area contributed by atoms with E-state index >= 15 is 0 Å². The lowest BCUT2D eigenvalue weighted by molar-refractivity contribution is -0.170. The van der Waals surface area contributed by atoms with Crippen LogP contribution in [0.3, 0.4) is 0 Å². The third kappa shape index (κ3) is 5.94. The first-order valence-corrected chi connectivity index (χ1v) is 5.77. The number of ether oxygens (including phenoxy) is 1. The van der Waals surface area contributed by atoms with Crippen molar-refractivity contribution in [3.63, 3.8) is 0 Å². The first-order chi connectivity index (χ1) is 9.78. The van der Waals surface area contributed by atoms with Crippen LogP contribution in [-0.2, 0) is 23.9 Å². The summed E-state index contributed by atoms with van der Waals surface area (Å²) in [6, 6.07) is -1.60. The van der Waals surface area contributed by atoms with Crippen LogP contribution in [0.15, 0.2) is 0 Å². The van der Waals surface area contributed by atoms with E-state index in [1.54, 1.807) is 0 Å². The minimum atomic E-state index is -1.99. The molecule has 0 aliphatic rings. The topological polar surface area (TPSA) is 150 Å². The molecule has 120 valence electrons. The molecule has 9 nitrogen and oxygen atoms in total. The maximum Gasteiger partial charge on any atom is 0.377 e. The van der Waals surface area contributed by atoms with Crippen LogP contribution in [0.5, 0.6) is 0 Å². The Balaban J connectivity index is 5.24. The van der Waals surface area contributed by atoms with Crippen molar-refractivity contribution in [2.24, 2.45) is 0 Å². The minimum absolute atomic E-state index is 0.0899. The van der Waals surface area contributed by atoms with Gasteiger partial charge < -0.3 is 30.2 Å². The number of aliphatic hydroxyl groups is 3. The summed E-state index contributed by atoms with van der Waals surface area (Å²) < 4.78 is 16.5. The molecule has 0 bridgehead atoms. The Morgan fingerprint density at radius 2 is 1.90 bits per heavy atom. The number of Topliss-reactive ketones (excluding diaryl/α,β-unsaturated/α-hetero) is 1. The van der Waals surface area contributed by atoms with E-state index in [-0.39, 0.29) is 6.29 Å². The summed E-state index contributed by atoms with van der Waals surface area (Å²) in [5, 5.41) is 29.7. The van der Waals surface area contributed by atoms with Crippen molar-refractivity contribution >= 4 is 23.9 Å². The van der Waals surface area contributed by atoms with E-state index in [2.05, 4.69) is 4.74 Å². The highest BCUT2D eigenvalue weighted by molar-refractivity contribution is 6.34. The highest BCUT2D eigenvalue weighted by Gasteiger charge is 2.37. The lowest BCUT2D eigenvalue weighted by Gasteiger charge is -2.29. The summed E-state index contributed by atoms with van der Waals surface area (Å²) in [6.45, 7) is -1.58. The molecule has 4 atom stereocenters. The Hall–Kier alpha value is -1.91. The number of amides is 1. The lowest BCUT2D eigenvalue weighted by atomic mass is 10.0. The van der Waals surface area contributed by atoms with Gasteiger partial charge in [-0.3, -0.25) is 9.59 Å². The summed E-state index contributed by atoms with van der Waals surface area (Å²) in [5.74, 6) is -3.99. The maximum absolute atomic E-state index is 12.1. The smallest absolute Gasteiger partial charge is 0.377 e. The van der Waals surface area contributed by atoms with Gasteiger partial charge >= 0.3 is 5.97 Å². The van der Waals surface area contributed by atoms with Crippen molar-refractivity contribution < 1.29 is 43.6 Å². The molecule has 0 aliphatic carbocycles. The monoisotopic (exact) mass is 309 g/mol. The molecule has 0 heterocycles. The number of halogens is 1. The van der Waals surface area contributed by atoms with E-state index < -0.39 is 55.3 Å². The Kier molecular flexibility index (Phi) is 8.28. The molecule has 1 amide bonds. The van der Waals surface area contributed by atoms with Gasteiger partial charge in [-0.25, -0.2) is 9.18 Å². The van der Waals surface area contributed by atoms with Crippen LogP contribution in [-0.4, -0.2) is 76.9 Å². The summed E-state index contributed by atoms with van der Waals surface area (Å²) in [7, 11) is 0. The quantitative estimate of drug-likeness (QED) is 0.198. The molecule has 0 aromatic rings. The minimum Gasteiger partial charge on any atom is -0.451 e. The Bertz CT molecular complexity index is 402. The number of carbonyl (C=O) groups is 4. The zero-order valence-electron chi connectivity index (χ0n) is 11.1. The second kappa shape index (κ2) is 9.10. The summed E-state index contributed by atoms with van der Waals surface area (Å²) in [6.07, 6.45) is -5.60. The van der Waals surface area contributed by atoms with Gasteiger partial charge in [0.05, 0.1) is 6.61 Å². The molecule has 0 spiro atoms. The largest absolute Gasteiger partial charge is 0.451 e. The summed E-state index contributed by atoms with van der Waals surface area (Å²) in [4.78, 5) is 43.9. The third-order valence-electron chi connectivity index (χ3n) is 2.38. The van der Waals surface area contributed by atoms with Gasteiger partial charge in [0, 0.05) is 6.92 Å². The Labute approximate surface area is 118 Å². The third-order valence-corrected chi connectivity index (χ3v) is 2.38. The van der Waals surface area contributed by atoms with Crippen molar-refractivity contribution in [2.75, 3.05) is 13.3 Å². The van der Waals surface area contributed by atoms with Crippen LogP contribution in [0.1, 0.15) is 6.92 Å². The predicted molar refractivity (Wildman–Crippen MR) is 63.6 cm³/mol. The fraction of sp³-hybridized carbons (Fsp3) is 0.636. The highest BCUT2D eigenvalue weighted by Crippen LogP contribution is 2.10. The average molecular weight is 309 g/mol. The van der Waals surface area contributed by atoms with Gasteiger partial charge in [-0.2, -0.15) is 0 Å². The Morgan fingerprint density at radius 1 is 1.33 bits per heavy atom. The Morgan fingerprint density at radius 3 is 2.29 bits per heavy atom. The number of aldehydes is 1. The van der Waals surface area contributed by atoms with Gasteiger partial charge in [-0.05, 0) is 0 Å². The second-order valence-electron chi connectivity index (χ2n) is 4.03. The maximum atomic E-state index is 12.1. The zero-order valence-corrected chi connectivity index (χ0v) is 11.1. The van der Waals surface area contributed by atoms with Crippen LogP contribution in [0.25, 0.3) is 0 Å². The summed E-state index contributed by atoms with van der Waals surface area (Å²) in [5.41, 5.74) is 0. The van der Waals surface area contributed by atoms with Crippen molar-refractivity contribution in [1.29, 1.82) is 0 Å². The standard InChI is InChI=1S/C11H16FNO8/c1-5(16)13-6(3-14)10(9(19)8(18)4-15)21-11(20)7(17)2-12/h3,6,8-10,15,18-19H,2,4H2,1H3,(H,13,16)/t6-,8-,9-,10-/m1/s1. The number of carbonyl (C=O) groups excluding carboxylic acids is 4. The van der Waals surface area contributed by atoms with E-state index in [1.165, 1.54) is 0 Å². The fourth-order valence-corrected chi connectivity index (χ4v) is 1.35. The van der Waals surface area contributed by atoms with Gasteiger partial charge in [-0.1, -0.05) is 0 Å². The van der Waals surface area contributed by atoms with E-state index in [0.717, 1.165) is 6.92 Å². The number of esters is 1. The van der Waals surface area contributed by atoms with Crippen molar-refractivity contribution in [1.82, 2.24) is 5.32 Å². The van der Waals surface area contributed by atoms with Gasteiger partial charge in [-0.15, -0.1) is 0 Å². The molecule has 0 unspecified atom stereocenters. The van der Waals surface area contributed by atoms with E-state index in [0.29, 0.717) is 0 Å². The van der Waals surface area contributed by atoms with Crippen LogP contribution < -0.4 is 5.32 Å². The zero-order chi connectivity index (χ0) is 16.6. The highest BCUT2D eigenvalue weighted by atomic mass is 19.1. The molecule has 10 heteroatoms. The SMILES string of the molecule is CC(=O)N[C@H](C=O)[C@@H](OC(=O)C(=O)CF)[C@H](O)[C@H](O)CO. The molecule has 0 saturated carbocycles. The van der Waals surface area contributed by atoms with Crippen LogP contribution >= 0.6 is 0 Å². The molecule has 0 aromatic carbocycles. The number of ketones is 1. The van der Waals surface area contributed by atoms with Crippen LogP contribution in [0.2, 0.25) is 0 Å². The predicted octanol–water partition coefficient (Wildman–Crippen LogP) is -3.15. The lowest BCUT2D eigenvalue weighted by Crippen LogP contribution is -2.55. The fourth-order valence-electron chi connectivity index (χ4n) is 1.35. The molecule has 0 aliphatic heterocycles. The van der Waals surface area contributed by atoms with E-state index in [1.807, 2.05) is 5.32 Å². The molecular weight excluding hydrogens is 293 g/mol. The number of nitrogens with one attached hydrogen (secondary N) is 1. The van der Waals surface area contributed by atoms with Gasteiger partial charge in [0.25, 0.3) is 5.78 Å².